The molecule has 2 aromatic carbocycles. The third-order valence-electron chi connectivity index (χ3n) is 4.29. The first kappa shape index (κ1) is 19.2. The van der Waals surface area contributed by atoms with Crippen LogP contribution >= 0.6 is 23.2 Å². The number of anilines is 1. The van der Waals surface area contributed by atoms with Gasteiger partial charge in [0.05, 0.1) is 21.3 Å². The fraction of sp³-hybridized carbons (Fsp3) is 0.211. The highest BCUT2D eigenvalue weighted by Gasteiger charge is 2.32. The molecule has 3 rings (SSSR count). The van der Waals surface area contributed by atoms with E-state index in [-0.39, 0.29) is 12.3 Å². The van der Waals surface area contributed by atoms with E-state index in [1.807, 2.05) is 0 Å². The summed E-state index contributed by atoms with van der Waals surface area (Å²) in [5.74, 6) is -1.20. The van der Waals surface area contributed by atoms with Crippen LogP contribution in [0.3, 0.4) is 0 Å². The van der Waals surface area contributed by atoms with Crippen molar-refractivity contribution in [2.75, 3.05) is 11.9 Å². The molecule has 0 saturated carbocycles. The number of para-hydroxylation sites is 1. The maximum atomic E-state index is 12.6. The third kappa shape index (κ3) is 4.23. The number of hydrogen-bond acceptors (Lipinski definition) is 3. The normalized spacial score (nSPS) is 16.4. The number of halogens is 2. The summed E-state index contributed by atoms with van der Waals surface area (Å²) >= 11 is 11.8. The minimum Gasteiger partial charge on any atom is -0.328 e. The molecule has 1 aliphatic rings. The number of rotatable bonds is 4. The molecule has 1 unspecified atom stereocenters. The molecule has 2 N–H and O–H groups in total. The van der Waals surface area contributed by atoms with E-state index in [9.17, 15) is 14.4 Å². The number of fused-ring (bicyclic) bond motifs is 1. The van der Waals surface area contributed by atoms with Gasteiger partial charge in [0.25, 0.3) is 11.8 Å². The van der Waals surface area contributed by atoms with E-state index in [1.54, 1.807) is 49.5 Å². The highest BCUT2D eigenvalue weighted by Crippen LogP contribution is 2.24. The third-order valence-corrected chi connectivity index (χ3v) is 5.03. The highest BCUT2D eigenvalue weighted by molar-refractivity contribution is 6.42. The van der Waals surface area contributed by atoms with Crippen molar-refractivity contribution in [3.8, 4) is 0 Å². The number of amides is 3. The lowest BCUT2D eigenvalue weighted by Gasteiger charge is -2.21. The second-order valence-corrected chi connectivity index (χ2v) is 6.95. The molecule has 0 radical (unpaired) electrons. The van der Waals surface area contributed by atoms with Crippen LogP contribution in [0.1, 0.15) is 22.3 Å². The van der Waals surface area contributed by atoms with E-state index in [2.05, 4.69) is 10.6 Å². The molecule has 0 saturated heterocycles. The number of carbonyl (C=O) groups is 3. The maximum Gasteiger partial charge on any atom is 0.270 e. The molecule has 0 spiro atoms. The smallest absolute Gasteiger partial charge is 0.270 e. The van der Waals surface area contributed by atoms with Gasteiger partial charge in [-0.2, -0.15) is 0 Å². The van der Waals surface area contributed by atoms with E-state index in [4.69, 9.17) is 23.2 Å². The van der Waals surface area contributed by atoms with E-state index < -0.39 is 18.0 Å². The lowest BCUT2D eigenvalue weighted by Crippen LogP contribution is -2.55. The summed E-state index contributed by atoms with van der Waals surface area (Å²) in [5.41, 5.74) is 1.72. The zero-order valence-electron chi connectivity index (χ0n) is 14.5. The summed E-state index contributed by atoms with van der Waals surface area (Å²) in [4.78, 5) is 38.6. The standard InChI is InChI=1S/C19H17Cl2N3O3/c1-24-15-5-3-2-4-12(15)18(26)23-17(19(24)27)22-16(25)9-7-11-6-8-13(20)14(21)10-11/h2-6,8,10,17H,7,9H2,1H3,(H,22,25)(H,23,26). The van der Waals surface area contributed by atoms with Crippen molar-refractivity contribution in [3.63, 3.8) is 0 Å². The molecule has 1 heterocycles. The second kappa shape index (κ2) is 7.98. The summed E-state index contributed by atoms with van der Waals surface area (Å²) < 4.78 is 0. The number of aryl methyl sites for hydroxylation is 1. The Hall–Kier alpha value is -2.57. The van der Waals surface area contributed by atoms with Crippen molar-refractivity contribution < 1.29 is 14.4 Å². The average Bonchev–Trinajstić information content (AvgIpc) is 2.74. The maximum absolute atomic E-state index is 12.6. The number of carbonyl (C=O) groups excluding carboxylic acids is 3. The van der Waals surface area contributed by atoms with Crippen LogP contribution in [0, 0.1) is 0 Å². The summed E-state index contributed by atoms with van der Waals surface area (Å²) in [6.07, 6.45) is -0.571. The molecular weight excluding hydrogens is 389 g/mol. The number of likely N-dealkylation sites (N-methyl/N-ethyl adjacent to an activating group) is 1. The SMILES string of the molecule is CN1C(=O)C(NC(=O)CCc2ccc(Cl)c(Cl)c2)NC(=O)c2ccccc21. The molecule has 2 aromatic rings. The Morgan fingerprint density at radius 3 is 2.63 bits per heavy atom. The van der Waals surface area contributed by atoms with Gasteiger partial charge in [-0.15, -0.1) is 0 Å². The largest absolute Gasteiger partial charge is 0.328 e. The van der Waals surface area contributed by atoms with Crippen LogP contribution in [0.5, 0.6) is 0 Å². The van der Waals surface area contributed by atoms with Gasteiger partial charge in [0.1, 0.15) is 0 Å². The lowest BCUT2D eigenvalue weighted by atomic mass is 10.1. The Balaban J connectivity index is 1.66. The fourth-order valence-corrected chi connectivity index (χ4v) is 3.15. The van der Waals surface area contributed by atoms with E-state index in [0.717, 1.165) is 5.56 Å². The molecule has 27 heavy (non-hydrogen) atoms. The van der Waals surface area contributed by atoms with Crippen molar-refractivity contribution in [3.05, 3.63) is 63.6 Å². The zero-order chi connectivity index (χ0) is 19.6. The molecule has 6 nitrogen and oxygen atoms in total. The molecule has 1 aliphatic heterocycles. The number of benzene rings is 2. The predicted molar refractivity (Wildman–Crippen MR) is 104 cm³/mol. The van der Waals surface area contributed by atoms with Crippen molar-refractivity contribution in [1.29, 1.82) is 0 Å². The van der Waals surface area contributed by atoms with Gasteiger partial charge in [-0.25, -0.2) is 0 Å². The summed E-state index contributed by atoms with van der Waals surface area (Å²) in [6.45, 7) is 0. The van der Waals surface area contributed by atoms with Gasteiger partial charge >= 0.3 is 0 Å². The molecule has 0 aromatic heterocycles. The van der Waals surface area contributed by atoms with E-state index in [0.29, 0.717) is 27.7 Å². The first-order valence-electron chi connectivity index (χ1n) is 8.27. The molecular formula is C19H17Cl2N3O3. The lowest BCUT2D eigenvalue weighted by molar-refractivity contribution is -0.127. The molecule has 140 valence electrons. The molecule has 1 atom stereocenters. The number of hydrogen-bond donors (Lipinski definition) is 2. The van der Waals surface area contributed by atoms with Crippen LogP contribution in [0.25, 0.3) is 0 Å². The van der Waals surface area contributed by atoms with Crippen molar-refractivity contribution in [2.45, 2.75) is 19.0 Å². The zero-order valence-corrected chi connectivity index (χ0v) is 16.0. The topological polar surface area (TPSA) is 78.5 Å². The van der Waals surface area contributed by atoms with Gasteiger partial charge in [-0.05, 0) is 36.2 Å². The van der Waals surface area contributed by atoms with Crippen LogP contribution < -0.4 is 15.5 Å². The molecule has 0 aliphatic carbocycles. The number of nitrogens with zero attached hydrogens (tertiary/aromatic N) is 1. The number of nitrogens with one attached hydrogen (secondary N) is 2. The minimum absolute atomic E-state index is 0.133. The Bertz CT molecular complexity index is 917. The van der Waals surface area contributed by atoms with Crippen LogP contribution in [0.2, 0.25) is 10.0 Å². The van der Waals surface area contributed by atoms with E-state index >= 15 is 0 Å². The Labute approximate surface area is 166 Å². The van der Waals surface area contributed by atoms with Gasteiger partial charge < -0.3 is 15.5 Å². The highest BCUT2D eigenvalue weighted by atomic mass is 35.5. The summed E-state index contributed by atoms with van der Waals surface area (Å²) in [7, 11) is 1.57. The summed E-state index contributed by atoms with van der Waals surface area (Å²) in [6, 6.07) is 11.9. The molecule has 0 bridgehead atoms. The average molecular weight is 406 g/mol. The minimum atomic E-state index is -1.13. The second-order valence-electron chi connectivity index (χ2n) is 6.14. The van der Waals surface area contributed by atoms with Gasteiger partial charge in [0.2, 0.25) is 5.91 Å². The Morgan fingerprint density at radius 2 is 1.89 bits per heavy atom. The van der Waals surface area contributed by atoms with Crippen molar-refractivity contribution in [2.24, 2.45) is 0 Å². The quantitative estimate of drug-likeness (QED) is 0.820. The van der Waals surface area contributed by atoms with Crippen LogP contribution in [-0.2, 0) is 16.0 Å². The monoisotopic (exact) mass is 405 g/mol. The summed E-state index contributed by atoms with van der Waals surface area (Å²) in [5, 5.41) is 6.00. The van der Waals surface area contributed by atoms with Crippen LogP contribution in [0.15, 0.2) is 42.5 Å². The van der Waals surface area contributed by atoms with Gasteiger partial charge in [-0.3, -0.25) is 14.4 Å². The van der Waals surface area contributed by atoms with Crippen molar-refractivity contribution >= 4 is 46.6 Å². The van der Waals surface area contributed by atoms with Gasteiger partial charge in [0.15, 0.2) is 6.17 Å². The first-order valence-corrected chi connectivity index (χ1v) is 9.03. The Kier molecular flexibility index (Phi) is 5.68. The van der Waals surface area contributed by atoms with Crippen LogP contribution in [0.4, 0.5) is 5.69 Å². The van der Waals surface area contributed by atoms with E-state index in [1.165, 1.54) is 4.90 Å². The van der Waals surface area contributed by atoms with Gasteiger partial charge in [-0.1, -0.05) is 41.4 Å². The van der Waals surface area contributed by atoms with Gasteiger partial charge in [0, 0.05) is 13.5 Å². The Morgan fingerprint density at radius 1 is 1.15 bits per heavy atom. The molecule has 0 fully saturated rings. The van der Waals surface area contributed by atoms with Crippen LogP contribution in [-0.4, -0.2) is 30.9 Å². The predicted octanol–water partition coefficient (Wildman–Crippen LogP) is 2.77. The fourth-order valence-electron chi connectivity index (χ4n) is 2.83. The molecule has 3 amide bonds. The molecule has 8 heteroatoms. The first-order chi connectivity index (χ1) is 12.9. The van der Waals surface area contributed by atoms with Crippen molar-refractivity contribution in [1.82, 2.24) is 10.6 Å².